The molecule has 2 aromatic carbocycles. The van der Waals surface area contributed by atoms with Crippen LogP contribution in [0.2, 0.25) is 0 Å². The SMILES string of the molecule is CCc1ccccc1-n1nc(C(=O)OC)cc1-c1ccc(-c2cccc(S(C)(=O)=O)c2)s1. The van der Waals surface area contributed by atoms with Crippen LogP contribution in [0.3, 0.4) is 0 Å². The number of aromatic nitrogens is 2. The van der Waals surface area contributed by atoms with Gasteiger partial charge < -0.3 is 4.74 Å². The molecule has 0 saturated carbocycles. The highest BCUT2D eigenvalue weighted by Gasteiger charge is 2.20. The fourth-order valence-corrected chi connectivity index (χ4v) is 5.14. The van der Waals surface area contributed by atoms with Gasteiger partial charge in [0.1, 0.15) is 0 Å². The normalized spacial score (nSPS) is 11.5. The van der Waals surface area contributed by atoms with Gasteiger partial charge >= 0.3 is 5.97 Å². The molecule has 0 aliphatic rings. The molecule has 32 heavy (non-hydrogen) atoms. The summed E-state index contributed by atoms with van der Waals surface area (Å²) >= 11 is 1.51. The van der Waals surface area contributed by atoms with Crippen LogP contribution in [0, 0.1) is 0 Å². The van der Waals surface area contributed by atoms with Gasteiger partial charge in [-0.25, -0.2) is 17.9 Å². The first-order valence-corrected chi connectivity index (χ1v) is 12.7. The lowest BCUT2D eigenvalue weighted by Gasteiger charge is -2.10. The summed E-state index contributed by atoms with van der Waals surface area (Å²) in [5.41, 5.74) is 3.81. The summed E-state index contributed by atoms with van der Waals surface area (Å²) in [4.78, 5) is 14.3. The molecular formula is C24H22N2O4S2. The molecule has 0 spiro atoms. The van der Waals surface area contributed by atoms with E-state index in [2.05, 4.69) is 12.0 Å². The molecule has 0 amide bonds. The van der Waals surface area contributed by atoms with Crippen molar-refractivity contribution in [3.8, 4) is 26.7 Å². The van der Waals surface area contributed by atoms with Crippen molar-refractivity contribution in [3.05, 3.63) is 78.0 Å². The second-order valence-electron chi connectivity index (χ2n) is 7.26. The number of benzene rings is 2. The van der Waals surface area contributed by atoms with Crippen molar-refractivity contribution in [2.45, 2.75) is 18.2 Å². The van der Waals surface area contributed by atoms with Gasteiger partial charge in [-0.15, -0.1) is 11.3 Å². The van der Waals surface area contributed by atoms with Gasteiger partial charge in [0.05, 0.1) is 28.3 Å². The number of esters is 1. The first kappa shape index (κ1) is 22.0. The maximum absolute atomic E-state index is 12.2. The summed E-state index contributed by atoms with van der Waals surface area (Å²) in [6.07, 6.45) is 2.01. The van der Waals surface area contributed by atoms with E-state index >= 15 is 0 Å². The number of aryl methyl sites for hydroxylation is 1. The summed E-state index contributed by atoms with van der Waals surface area (Å²) in [6, 6.07) is 20.4. The third kappa shape index (κ3) is 4.24. The summed E-state index contributed by atoms with van der Waals surface area (Å²) in [5.74, 6) is -0.503. The van der Waals surface area contributed by atoms with E-state index in [-0.39, 0.29) is 10.6 Å². The highest BCUT2D eigenvalue weighted by Crippen LogP contribution is 2.37. The Balaban J connectivity index is 1.84. The number of methoxy groups -OCH3 is 1. The molecular weight excluding hydrogens is 444 g/mol. The number of rotatable bonds is 6. The molecule has 0 fully saturated rings. The van der Waals surface area contributed by atoms with Crippen LogP contribution in [0.15, 0.2) is 71.6 Å². The van der Waals surface area contributed by atoms with Crippen LogP contribution in [0.1, 0.15) is 23.0 Å². The first-order valence-electron chi connectivity index (χ1n) is 9.99. The molecule has 2 aromatic heterocycles. The number of carbonyl (C=O) groups is 1. The van der Waals surface area contributed by atoms with Crippen molar-refractivity contribution >= 4 is 27.1 Å². The highest BCUT2D eigenvalue weighted by molar-refractivity contribution is 7.90. The lowest BCUT2D eigenvalue weighted by Crippen LogP contribution is -2.06. The number of nitrogens with zero attached hydrogens (tertiary/aromatic N) is 2. The van der Waals surface area contributed by atoms with Crippen molar-refractivity contribution in [2.75, 3.05) is 13.4 Å². The zero-order valence-corrected chi connectivity index (χ0v) is 19.5. The van der Waals surface area contributed by atoms with Gasteiger partial charge in [-0.2, -0.15) is 5.10 Å². The molecule has 2 heterocycles. The molecule has 0 aliphatic carbocycles. The van der Waals surface area contributed by atoms with Crippen LogP contribution in [-0.2, 0) is 21.0 Å². The summed E-state index contributed by atoms with van der Waals surface area (Å²) < 4.78 is 30.6. The molecule has 6 nitrogen and oxygen atoms in total. The predicted octanol–water partition coefficient (Wildman–Crippen LogP) is 5.02. The van der Waals surface area contributed by atoms with Gasteiger partial charge in [0.15, 0.2) is 15.5 Å². The molecule has 0 radical (unpaired) electrons. The minimum Gasteiger partial charge on any atom is -0.464 e. The molecule has 0 atom stereocenters. The van der Waals surface area contributed by atoms with Crippen LogP contribution in [0.5, 0.6) is 0 Å². The minimum absolute atomic E-state index is 0.224. The number of carbonyl (C=O) groups excluding carboxylic acids is 1. The number of hydrogen-bond donors (Lipinski definition) is 0. The first-order chi connectivity index (χ1) is 15.3. The van der Waals surface area contributed by atoms with Crippen molar-refractivity contribution in [3.63, 3.8) is 0 Å². The molecule has 0 bridgehead atoms. The van der Waals surface area contributed by atoms with Gasteiger partial charge in [0.2, 0.25) is 0 Å². The Hall–Kier alpha value is -3.23. The second-order valence-corrected chi connectivity index (χ2v) is 10.4. The lowest BCUT2D eigenvalue weighted by molar-refractivity contribution is 0.0593. The molecule has 0 saturated heterocycles. The smallest absolute Gasteiger partial charge is 0.358 e. The van der Waals surface area contributed by atoms with Crippen molar-refractivity contribution in [1.29, 1.82) is 0 Å². The zero-order valence-electron chi connectivity index (χ0n) is 17.9. The van der Waals surface area contributed by atoms with Gasteiger partial charge in [-0.05, 0) is 47.9 Å². The average molecular weight is 467 g/mol. The van der Waals surface area contributed by atoms with E-state index in [1.54, 1.807) is 28.9 Å². The van der Waals surface area contributed by atoms with Crippen LogP contribution < -0.4 is 0 Å². The van der Waals surface area contributed by atoms with E-state index in [9.17, 15) is 13.2 Å². The quantitative estimate of drug-likeness (QED) is 0.373. The fraction of sp³-hybridized carbons (Fsp3) is 0.167. The maximum Gasteiger partial charge on any atom is 0.358 e. The van der Waals surface area contributed by atoms with E-state index in [1.807, 2.05) is 42.5 Å². The van der Waals surface area contributed by atoms with Crippen molar-refractivity contribution in [2.24, 2.45) is 0 Å². The second kappa shape index (κ2) is 8.72. The molecule has 0 unspecified atom stereocenters. The van der Waals surface area contributed by atoms with Crippen LogP contribution in [-0.4, -0.2) is 37.5 Å². The lowest BCUT2D eigenvalue weighted by atomic mass is 10.1. The molecule has 4 aromatic rings. The van der Waals surface area contributed by atoms with Gasteiger partial charge in [-0.3, -0.25) is 0 Å². The van der Waals surface area contributed by atoms with Gasteiger partial charge in [0, 0.05) is 17.2 Å². The average Bonchev–Trinajstić information content (AvgIpc) is 3.45. The summed E-state index contributed by atoms with van der Waals surface area (Å²) in [5, 5.41) is 4.53. The molecule has 4 rings (SSSR count). The number of sulfone groups is 1. The van der Waals surface area contributed by atoms with Crippen molar-refractivity contribution < 1.29 is 17.9 Å². The van der Waals surface area contributed by atoms with Gasteiger partial charge in [-0.1, -0.05) is 37.3 Å². The largest absolute Gasteiger partial charge is 0.464 e. The number of thiophene rings is 1. The van der Waals surface area contributed by atoms with Gasteiger partial charge in [0.25, 0.3) is 0 Å². The van der Waals surface area contributed by atoms with Crippen LogP contribution >= 0.6 is 11.3 Å². The van der Waals surface area contributed by atoms with E-state index in [1.165, 1.54) is 24.7 Å². The third-order valence-corrected chi connectivity index (χ3v) is 7.38. The minimum atomic E-state index is -3.30. The number of hydrogen-bond acceptors (Lipinski definition) is 6. The van der Waals surface area contributed by atoms with Crippen LogP contribution in [0.4, 0.5) is 0 Å². The zero-order chi connectivity index (χ0) is 22.9. The molecule has 0 aliphatic heterocycles. The number of para-hydroxylation sites is 1. The number of ether oxygens (including phenoxy) is 1. The van der Waals surface area contributed by atoms with E-state index in [0.717, 1.165) is 38.7 Å². The highest BCUT2D eigenvalue weighted by atomic mass is 32.2. The summed E-state index contributed by atoms with van der Waals surface area (Å²) in [7, 11) is -1.97. The fourth-order valence-electron chi connectivity index (χ4n) is 3.47. The third-order valence-electron chi connectivity index (χ3n) is 5.11. The predicted molar refractivity (Wildman–Crippen MR) is 126 cm³/mol. The van der Waals surface area contributed by atoms with Crippen molar-refractivity contribution in [1.82, 2.24) is 9.78 Å². The monoisotopic (exact) mass is 466 g/mol. The summed E-state index contributed by atoms with van der Waals surface area (Å²) in [6.45, 7) is 2.07. The van der Waals surface area contributed by atoms with Crippen LogP contribution in [0.25, 0.3) is 26.7 Å². The van der Waals surface area contributed by atoms with E-state index in [0.29, 0.717) is 0 Å². The molecule has 0 N–H and O–H groups in total. The Morgan fingerprint density at radius 2 is 1.78 bits per heavy atom. The Bertz CT molecular complexity index is 1400. The maximum atomic E-state index is 12.2. The topological polar surface area (TPSA) is 78.3 Å². The Labute approximate surface area is 191 Å². The Kier molecular flexibility index (Phi) is 5.99. The Morgan fingerprint density at radius 1 is 1.03 bits per heavy atom. The van der Waals surface area contributed by atoms with E-state index < -0.39 is 15.8 Å². The molecule has 164 valence electrons. The van der Waals surface area contributed by atoms with E-state index in [4.69, 9.17) is 4.74 Å². The Morgan fingerprint density at radius 3 is 2.50 bits per heavy atom. The molecule has 8 heteroatoms. The standard InChI is InChI=1S/C24H22N2O4S2/c1-4-16-8-5-6-11-20(16)26-21(15-19(25-26)24(27)30-2)23-13-12-22(31-23)17-9-7-10-18(14-17)32(3,28)29/h5-15H,4H2,1-3H3.